The van der Waals surface area contributed by atoms with Gasteiger partial charge in [0.25, 0.3) is 0 Å². The molecule has 0 atom stereocenters. The number of rotatable bonds is 8. The van der Waals surface area contributed by atoms with Gasteiger partial charge in [-0.05, 0) is 32.0 Å². The van der Waals surface area contributed by atoms with E-state index in [1.54, 1.807) is 18.5 Å². The van der Waals surface area contributed by atoms with Crippen LogP contribution in [0.1, 0.15) is 31.7 Å². The quantitative estimate of drug-likeness (QED) is 0.606. The molecule has 0 aliphatic carbocycles. The molecule has 0 spiro atoms. The number of ether oxygens (including phenoxy) is 1. The van der Waals surface area contributed by atoms with Gasteiger partial charge in [0.1, 0.15) is 0 Å². The minimum atomic E-state index is -0.100. The standard InChI is InChI=1S/C21H22ClN3O3/c1-14(2)27-21-15(6-5-11-23-21)12-24-19(26)9-10-20-25-13-18(28-20)16-7-3-4-8-17(16)22/h3-8,11,13-14H,9-10,12H2,1-2H3,(H,24,26). The van der Waals surface area contributed by atoms with Gasteiger partial charge in [-0.25, -0.2) is 9.97 Å². The lowest BCUT2D eigenvalue weighted by Crippen LogP contribution is -2.24. The number of amides is 1. The van der Waals surface area contributed by atoms with Gasteiger partial charge in [0, 0.05) is 36.7 Å². The second-order valence-corrected chi connectivity index (χ2v) is 6.92. The molecule has 2 aromatic heterocycles. The molecule has 1 amide bonds. The number of nitrogens with one attached hydrogen (secondary N) is 1. The summed E-state index contributed by atoms with van der Waals surface area (Å²) in [4.78, 5) is 20.6. The minimum Gasteiger partial charge on any atom is -0.475 e. The van der Waals surface area contributed by atoms with Crippen molar-refractivity contribution in [2.75, 3.05) is 0 Å². The number of hydrogen-bond acceptors (Lipinski definition) is 5. The first-order valence-electron chi connectivity index (χ1n) is 9.10. The molecule has 7 heteroatoms. The second-order valence-electron chi connectivity index (χ2n) is 6.51. The maximum absolute atomic E-state index is 12.2. The molecule has 6 nitrogen and oxygen atoms in total. The molecule has 1 N–H and O–H groups in total. The van der Waals surface area contributed by atoms with E-state index in [2.05, 4.69) is 15.3 Å². The van der Waals surface area contributed by atoms with Crippen molar-refractivity contribution in [3.63, 3.8) is 0 Å². The predicted octanol–water partition coefficient (Wildman–Crippen LogP) is 4.43. The summed E-state index contributed by atoms with van der Waals surface area (Å²) in [6.07, 6.45) is 3.98. The molecule has 0 saturated heterocycles. The van der Waals surface area contributed by atoms with Crippen LogP contribution in [-0.4, -0.2) is 22.0 Å². The van der Waals surface area contributed by atoms with E-state index in [1.165, 1.54) is 0 Å². The highest BCUT2D eigenvalue weighted by Crippen LogP contribution is 2.28. The summed E-state index contributed by atoms with van der Waals surface area (Å²) < 4.78 is 11.4. The first-order valence-corrected chi connectivity index (χ1v) is 9.47. The van der Waals surface area contributed by atoms with Crippen LogP contribution in [0.15, 0.2) is 53.2 Å². The van der Waals surface area contributed by atoms with Crippen LogP contribution in [0.3, 0.4) is 0 Å². The lowest BCUT2D eigenvalue weighted by molar-refractivity contribution is -0.121. The molecule has 146 valence electrons. The summed E-state index contributed by atoms with van der Waals surface area (Å²) in [5, 5.41) is 3.48. The van der Waals surface area contributed by atoms with Crippen LogP contribution in [0.2, 0.25) is 5.02 Å². The van der Waals surface area contributed by atoms with E-state index in [-0.39, 0.29) is 18.4 Å². The number of nitrogens with zero attached hydrogens (tertiary/aromatic N) is 2. The number of hydrogen-bond donors (Lipinski definition) is 1. The minimum absolute atomic E-state index is 0.0155. The Hall–Kier alpha value is -2.86. The Morgan fingerprint density at radius 2 is 2.04 bits per heavy atom. The fourth-order valence-electron chi connectivity index (χ4n) is 2.60. The fourth-order valence-corrected chi connectivity index (χ4v) is 2.83. The third-order valence-corrected chi connectivity index (χ3v) is 4.26. The van der Waals surface area contributed by atoms with Crippen molar-refractivity contribution in [3.05, 3.63) is 65.3 Å². The molecule has 2 heterocycles. The van der Waals surface area contributed by atoms with Gasteiger partial charge in [-0.15, -0.1) is 0 Å². The van der Waals surface area contributed by atoms with E-state index in [4.69, 9.17) is 20.8 Å². The molecule has 0 bridgehead atoms. The van der Waals surface area contributed by atoms with Crippen molar-refractivity contribution in [1.29, 1.82) is 0 Å². The van der Waals surface area contributed by atoms with Gasteiger partial charge in [-0.2, -0.15) is 0 Å². The number of carbonyl (C=O) groups excluding carboxylic acids is 1. The van der Waals surface area contributed by atoms with Gasteiger partial charge in [0.2, 0.25) is 11.8 Å². The number of oxazole rings is 1. The van der Waals surface area contributed by atoms with Gasteiger partial charge in [-0.1, -0.05) is 29.8 Å². The van der Waals surface area contributed by atoms with Gasteiger partial charge in [0.15, 0.2) is 11.7 Å². The molecular weight excluding hydrogens is 378 g/mol. The van der Waals surface area contributed by atoms with Crippen molar-refractivity contribution in [2.24, 2.45) is 0 Å². The highest BCUT2D eigenvalue weighted by Gasteiger charge is 2.12. The Balaban J connectivity index is 1.52. The van der Waals surface area contributed by atoms with E-state index in [0.717, 1.165) is 11.1 Å². The number of aryl methyl sites for hydroxylation is 1. The average Bonchev–Trinajstić information content (AvgIpc) is 3.14. The summed E-state index contributed by atoms with van der Waals surface area (Å²) >= 11 is 6.17. The normalized spacial score (nSPS) is 10.9. The SMILES string of the molecule is CC(C)Oc1ncccc1CNC(=O)CCc1ncc(-c2ccccc2Cl)o1. The van der Waals surface area contributed by atoms with E-state index in [9.17, 15) is 4.79 Å². The molecule has 28 heavy (non-hydrogen) atoms. The molecule has 1 aromatic carbocycles. The van der Waals surface area contributed by atoms with Crippen LogP contribution in [0.5, 0.6) is 5.88 Å². The van der Waals surface area contributed by atoms with Crippen LogP contribution >= 0.6 is 11.6 Å². The molecule has 0 radical (unpaired) electrons. The summed E-state index contributed by atoms with van der Waals surface area (Å²) in [7, 11) is 0. The lowest BCUT2D eigenvalue weighted by atomic mass is 10.2. The number of benzene rings is 1. The summed E-state index contributed by atoms with van der Waals surface area (Å²) in [5.74, 6) is 1.52. The zero-order chi connectivity index (χ0) is 19.9. The molecule has 0 unspecified atom stereocenters. The van der Waals surface area contributed by atoms with Crippen LogP contribution < -0.4 is 10.1 Å². The van der Waals surface area contributed by atoms with Crippen LogP contribution in [0.25, 0.3) is 11.3 Å². The molecule has 3 aromatic rings. The fraction of sp³-hybridized carbons (Fsp3) is 0.286. The Bertz CT molecular complexity index is 940. The Labute approximate surface area is 168 Å². The third-order valence-electron chi connectivity index (χ3n) is 3.93. The number of pyridine rings is 1. The summed E-state index contributed by atoms with van der Waals surface area (Å²) in [5.41, 5.74) is 1.61. The molecular formula is C21H22ClN3O3. The maximum Gasteiger partial charge on any atom is 0.220 e. The number of aromatic nitrogens is 2. The van der Waals surface area contributed by atoms with Crippen LogP contribution in [0, 0.1) is 0 Å². The second kappa shape index (κ2) is 9.37. The predicted molar refractivity (Wildman–Crippen MR) is 107 cm³/mol. The van der Waals surface area contributed by atoms with Crippen molar-refractivity contribution < 1.29 is 13.9 Å². The van der Waals surface area contributed by atoms with Crippen molar-refractivity contribution in [3.8, 4) is 17.2 Å². The number of halogens is 1. The van der Waals surface area contributed by atoms with E-state index < -0.39 is 0 Å². The van der Waals surface area contributed by atoms with Gasteiger partial charge >= 0.3 is 0 Å². The first-order chi connectivity index (χ1) is 13.5. The Kier molecular flexibility index (Phi) is 6.66. The Morgan fingerprint density at radius 1 is 1.21 bits per heavy atom. The highest BCUT2D eigenvalue weighted by atomic mass is 35.5. The van der Waals surface area contributed by atoms with E-state index in [1.807, 2.05) is 44.2 Å². The van der Waals surface area contributed by atoms with Gasteiger partial charge < -0.3 is 14.5 Å². The van der Waals surface area contributed by atoms with Gasteiger partial charge in [0.05, 0.1) is 17.3 Å². The smallest absolute Gasteiger partial charge is 0.220 e. The van der Waals surface area contributed by atoms with Crippen LogP contribution in [-0.2, 0) is 17.8 Å². The Morgan fingerprint density at radius 3 is 2.82 bits per heavy atom. The zero-order valence-electron chi connectivity index (χ0n) is 15.8. The topological polar surface area (TPSA) is 77.2 Å². The third kappa shape index (κ3) is 5.33. The molecule has 0 aliphatic heterocycles. The average molecular weight is 400 g/mol. The molecule has 0 fully saturated rings. The molecule has 0 saturated carbocycles. The largest absolute Gasteiger partial charge is 0.475 e. The van der Waals surface area contributed by atoms with Crippen molar-refractivity contribution in [2.45, 2.75) is 39.3 Å². The molecule has 0 aliphatic rings. The molecule has 3 rings (SSSR count). The summed E-state index contributed by atoms with van der Waals surface area (Å²) in [6.45, 7) is 4.22. The monoisotopic (exact) mass is 399 g/mol. The lowest BCUT2D eigenvalue weighted by Gasteiger charge is -2.13. The summed E-state index contributed by atoms with van der Waals surface area (Å²) in [6, 6.07) is 11.1. The van der Waals surface area contributed by atoms with E-state index in [0.29, 0.717) is 35.5 Å². The van der Waals surface area contributed by atoms with Crippen LogP contribution in [0.4, 0.5) is 0 Å². The van der Waals surface area contributed by atoms with Crippen molar-refractivity contribution >= 4 is 17.5 Å². The van der Waals surface area contributed by atoms with Crippen molar-refractivity contribution in [1.82, 2.24) is 15.3 Å². The number of carbonyl (C=O) groups is 1. The first kappa shape index (κ1) is 19.9. The maximum atomic E-state index is 12.2. The highest BCUT2D eigenvalue weighted by molar-refractivity contribution is 6.33. The van der Waals surface area contributed by atoms with Gasteiger partial charge in [-0.3, -0.25) is 4.79 Å². The zero-order valence-corrected chi connectivity index (χ0v) is 16.6. The van der Waals surface area contributed by atoms with E-state index >= 15 is 0 Å².